The number of carbonyl (C=O) groups excluding carboxylic acids is 1. The van der Waals surface area contributed by atoms with Crippen LogP contribution in [-0.4, -0.2) is 12.1 Å². The van der Waals surface area contributed by atoms with Gasteiger partial charge in [0.05, 0.1) is 6.42 Å². The molecule has 2 heteroatoms. The molecular weight excluding hydrogens is 212 g/mol. The molecule has 2 nitrogen and oxygen atoms in total. The monoisotopic (exact) mass is 232 g/mol. The molecule has 0 bridgehead atoms. The summed E-state index contributed by atoms with van der Waals surface area (Å²) in [7, 11) is 0. The lowest BCUT2D eigenvalue weighted by Gasteiger charge is -2.28. The number of esters is 1. The van der Waals surface area contributed by atoms with Gasteiger partial charge in [-0.2, -0.15) is 0 Å². The van der Waals surface area contributed by atoms with Gasteiger partial charge in [0, 0.05) is 0 Å². The molecule has 2 rings (SSSR count). The van der Waals surface area contributed by atoms with Crippen molar-refractivity contribution in [3.63, 3.8) is 0 Å². The Morgan fingerprint density at radius 1 is 1.24 bits per heavy atom. The number of ether oxygens (including phenoxy) is 1. The molecular formula is C15H20O2. The van der Waals surface area contributed by atoms with Crippen molar-refractivity contribution in [1.82, 2.24) is 0 Å². The van der Waals surface area contributed by atoms with Crippen LogP contribution in [0.25, 0.3) is 0 Å². The maximum absolute atomic E-state index is 11.8. The molecule has 2 atom stereocenters. The first-order chi connectivity index (χ1) is 8.25. The number of hydrogen-bond acceptors (Lipinski definition) is 2. The van der Waals surface area contributed by atoms with Gasteiger partial charge >= 0.3 is 5.97 Å². The summed E-state index contributed by atoms with van der Waals surface area (Å²) in [5, 5.41) is 0. The topological polar surface area (TPSA) is 26.3 Å². The highest BCUT2D eigenvalue weighted by atomic mass is 16.5. The van der Waals surface area contributed by atoms with Gasteiger partial charge in [-0.25, -0.2) is 0 Å². The molecule has 0 aliphatic heterocycles. The number of hydrogen-bond donors (Lipinski definition) is 0. The van der Waals surface area contributed by atoms with Crippen LogP contribution in [-0.2, 0) is 16.0 Å². The second-order valence-electron chi connectivity index (χ2n) is 4.95. The Morgan fingerprint density at radius 3 is 2.65 bits per heavy atom. The summed E-state index contributed by atoms with van der Waals surface area (Å²) in [6, 6.07) is 9.78. The minimum absolute atomic E-state index is 0.0880. The van der Waals surface area contributed by atoms with E-state index < -0.39 is 0 Å². The summed E-state index contributed by atoms with van der Waals surface area (Å²) in [6.45, 7) is 2.18. The lowest BCUT2D eigenvalue weighted by atomic mass is 9.88. The molecule has 1 aromatic carbocycles. The molecule has 0 aromatic heterocycles. The molecule has 2 unspecified atom stereocenters. The fourth-order valence-electron chi connectivity index (χ4n) is 2.43. The molecule has 0 heterocycles. The van der Waals surface area contributed by atoms with E-state index in [1.54, 1.807) is 0 Å². The molecule has 0 saturated heterocycles. The second-order valence-corrected chi connectivity index (χ2v) is 4.95. The zero-order chi connectivity index (χ0) is 12.1. The predicted molar refractivity (Wildman–Crippen MR) is 67.7 cm³/mol. The Balaban J connectivity index is 1.84. The number of carbonyl (C=O) groups is 1. The Hall–Kier alpha value is -1.31. The smallest absolute Gasteiger partial charge is 0.310 e. The van der Waals surface area contributed by atoms with E-state index in [1.807, 2.05) is 30.3 Å². The molecule has 0 spiro atoms. The fraction of sp³-hybridized carbons (Fsp3) is 0.533. The van der Waals surface area contributed by atoms with Crippen LogP contribution in [0.5, 0.6) is 0 Å². The van der Waals surface area contributed by atoms with Crippen LogP contribution in [0.1, 0.15) is 38.2 Å². The van der Waals surface area contributed by atoms with Crippen molar-refractivity contribution in [1.29, 1.82) is 0 Å². The highest BCUT2D eigenvalue weighted by Gasteiger charge is 2.24. The van der Waals surface area contributed by atoms with Gasteiger partial charge in [-0.05, 0) is 30.7 Å². The van der Waals surface area contributed by atoms with Crippen molar-refractivity contribution in [2.75, 3.05) is 0 Å². The molecule has 17 heavy (non-hydrogen) atoms. The average molecular weight is 232 g/mol. The van der Waals surface area contributed by atoms with Gasteiger partial charge in [-0.15, -0.1) is 0 Å². The first kappa shape index (κ1) is 12.2. The first-order valence-corrected chi connectivity index (χ1v) is 6.49. The van der Waals surface area contributed by atoms with Crippen LogP contribution in [0, 0.1) is 5.92 Å². The number of benzene rings is 1. The maximum atomic E-state index is 11.8. The normalized spacial score (nSPS) is 24.3. The number of rotatable bonds is 3. The van der Waals surface area contributed by atoms with Crippen LogP contribution in [0.4, 0.5) is 0 Å². The van der Waals surface area contributed by atoms with Crippen molar-refractivity contribution in [2.24, 2.45) is 5.92 Å². The molecule has 1 aliphatic carbocycles. The highest BCUT2D eigenvalue weighted by Crippen LogP contribution is 2.26. The third kappa shape index (κ3) is 3.58. The van der Waals surface area contributed by atoms with Crippen LogP contribution in [0.2, 0.25) is 0 Å². The standard InChI is InChI=1S/C15H20O2/c1-12-7-5-6-10-14(12)17-15(16)11-13-8-3-2-4-9-13/h2-4,8-9,12,14H,5-7,10-11H2,1H3. The van der Waals surface area contributed by atoms with E-state index in [4.69, 9.17) is 4.74 Å². The summed E-state index contributed by atoms with van der Waals surface area (Å²) >= 11 is 0. The molecule has 1 aliphatic rings. The van der Waals surface area contributed by atoms with E-state index in [0.717, 1.165) is 12.0 Å². The second kappa shape index (κ2) is 5.85. The lowest BCUT2D eigenvalue weighted by molar-refractivity contribution is -0.152. The minimum Gasteiger partial charge on any atom is -0.462 e. The van der Waals surface area contributed by atoms with Crippen LogP contribution < -0.4 is 0 Å². The van der Waals surface area contributed by atoms with E-state index in [1.165, 1.54) is 19.3 Å². The van der Waals surface area contributed by atoms with Crippen molar-refractivity contribution < 1.29 is 9.53 Å². The zero-order valence-corrected chi connectivity index (χ0v) is 10.4. The quantitative estimate of drug-likeness (QED) is 0.747. The SMILES string of the molecule is CC1CCCCC1OC(=O)Cc1ccccc1. The largest absolute Gasteiger partial charge is 0.462 e. The van der Waals surface area contributed by atoms with Gasteiger partial charge in [0.1, 0.15) is 6.10 Å². The van der Waals surface area contributed by atoms with Crippen molar-refractivity contribution in [2.45, 2.75) is 45.1 Å². The summed E-state index contributed by atoms with van der Waals surface area (Å²) < 4.78 is 5.57. The summed E-state index contributed by atoms with van der Waals surface area (Å²) in [4.78, 5) is 11.8. The highest BCUT2D eigenvalue weighted by molar-refractivity contribution is 5.72. The summed E-state index contributed by atoms with van der Waals surface area (Å²) in [6.07, 6.45) is 5.20. The molecule has 0 amide bonds. The molecule has 1 fully saturated rings. The van der Waals surface area contributed by atoms with Crippen LogP contribution in [0.3, 0.4) is 0 Å². The van der Waals surface area contributed by atoms with E-state index >= 15 is 0 Å². The van der Waals surface area contributed by atoms with Crippen molar-refractivity contribution >= 4 is 5.97 Å². The zero-order valence-electron chi connectivity index (χ0n) is 10.4. The van der Waals surface area contributed by atoms with Crippen molar-refractivity contribution in [3.8, 4) is 0 Å². The van der Waals surface area contributed by atoms with E-state index in [-0.39, 0.29) is 12.1 Å². The predicted octanol–water partition coefficient (Wildman–Crippen LogP) is 3.35. The van der Waals surface area contributed by atoms with Crippen molar-refractivity contribution in [3.05, 3.63) is 35.9 Å². The van der Waals surface area contributed by atoms with Crippen LogP contribution >= 0.6 is 0 Å². The Kier molecular flexibility index (Phi) is 4.18. The molecule has 1 aromatic rings. The van der Waals surface area contributed by atoms with E-state index in [9.17, 15) is 4.79 Å². The molecule has 1 saturated carbocycles. The fourth-order valence-corrected chi connectivity index (χ4v) is 2.43. The van der Waals surface area contributed by atoms with Gasteiger partial charge in [0.15, 0.2) is 0 Å². The third-order valence-electron chi connectivity index (χ3n) is 3.51. The Morgan fingerprint density at radius 2 is 1.94 bits per heavy atom. The minimum atomic E-state index is -0.0880. The van der Waals surface area contributed by atoms with Gasteiger partial charge in [0.2, 0.25) is 0 Å². The molecule has 0 N–H and O–H groups in total. The summed E-state index contributed by atoms with van der Waals surface area (Å²) in [5.41, 5.74) is 1.03. The van der Waals surface area contributed by atoms with Gasteiger partial charge < -0.3 is 4.74 Å². The Bertz CT molecular complexity index is 358. The lowest BCUT2D eigenvalue weighted by Crippen LogP contribution is -2.28. The van der Waals surface area contributed by atoms with Gasteiger partial charge in [-0.1, -0.05) is 43.7 Å². The molecule has 92 valence electrons. The maximum Gasteiger partial charge on any atom is 0.310 e. The summed E-state index contributed by atoms with van der Waals surface area (Å²) in [5.74, 6) is 0.429. The van der Waals surface area contributed by atoms with Gasteiger partial charge in [-0.3, -0.25) is 4.79 Å². The molecule has 0 radical (unpaired) electrons. The van der Waals surface area contributed by atoms with Crippen LogP contribution in [0.15, 0.2) is 30.3 Å². The van der Waals surface area contributed by atoms with E-state index in [2.05, 4.69) is 6.92 Å². The first-order valence-electron chi connectivity index (χ1n) is 6.49. The average Bonchev–Trinajstić information content (AvgIpc) is 2.33. The Labute approximate surface area is 103 Å². The van der Waals surface area contributed by atoms with Gasteiger partial charge in [0.25, 0.3) is 0 Å². The van der Waals surface area contributed by atoms with E-state index in [0.29, 0.717) is 12.3 Å². The third-order valence-corrected chi connectivity index (χ3v) is 3.51.